The van der Waals surface area contributed by atoms with Crippen LogP contribution >= 0.6 is 0 Å². The SMILES string of the molecule is Cc1c(CCC(=O)N(C)CC(O)c2ccc(O)cc2)c(=O)oc2c(C)c(O)ccc12. The highest BCUT2D eigenvalue weighted by Crippen LogP contribution is 2.28. The molecule has 3 aromatic rings. The summed E-state index contributed by atoms with van der Waals surface area (Å²) in [6.45, 7) is 3.57. The van der Waals surface area contributed by atoms with Crippen molar-refractivity contribution in [3.05, 3.63) is 69.1 Å². The summed E-state index contributed by atoms with van der Waals surface area (Å²) in [5.74, 6) is -0.0548. The molecule has 7 heteroatoms. The average Bonchev–Trinajstić information content (AvgIpc) is 2.71. The molecule has 0 bridgehead atoms. The van der Waals surface area contributed by atoms with Crippen molar-refractivity contribution in [1.29, 1.82) is 0 Å². The Morgan fingerprint density at radius 3 is 2.40 bits per heavy atom. The van der Waals surface area contributed by atoms with E-state index in [2.05, 4.69) is 0 Å². The molecule has 0 fully saturated rings. The second-order valence-electron chi connectivity index (χ2n) is 7.46. The molecule has 3 rings (SSSR count). The van der Waals surface area contributed by atoms with Gasteiger partial charge in [0.1, 0.15) is 17.1 Å². The minimum Gasteiger partial charge on any atom is -0.508 e. The highest BCUT2D eigenvalue weighted by molar-refractivity contribution is 5.85. The number of hydrogen-bond donors (Lipinski definition) is 3. The fourth-order valence-electron chi connectivity index (χ4n) is 3.45. The monoisotopic (exact) mass is 411 g/mol. The van der Waals surface area contributed by atoms with Gasteiger partial charge in [0.05, 0.1) is 12.6 Å². The number of aliphatic hydroxyl groups is 1. The van der Waals surface area contributed by atoms with Crippen LogP contribution in [-0.2, 0) is 11.2 Å². The van der Waals surface area contributed by atoms with Crippen molar-refractivity contribution in [3.63, 3.8) is 0 Å². The van der Waals surface area contributed by atoms with E-state index in [0.29, 0.717) is 22.3 Å². The van der Waals surface area contributed by atoms with Gasteiger partial charge in [-0.05, 0) is 55.7 Å². The summed E-state index contributed by atoms with van der Waals surface area (Å²) in [6, 6.07) is 9.40. The molecule has 0 radical (unpaired) electrons. The summed E-state index contributed by atoms with van der Waals surface area (Å²) in [7, 11) is 1.59. The summed E-state index contributed by atoms with van der Waals surface area (Å²) in [5, 5.41) is 30.2. The summed E-state index contributed by atoms with van der Waals surface area (Å²) >= 11 is 0. The lowest BCUT2D eigenvalue weighted by Crippen LogP contribution is -2.31. The van der Waals surface area contributed by atoms with Crippen molar-refractivity contribution in [2.24, 2.45) is 0 Å². The Balaban J connectivity index is 1.71. The maximum atomic E-state index is 12.5. The molecule has 158 valence electrons. The van der Waals surface area contributed by atoms with E-state index in [-0.39, 0.29) is 36.8 Å². The lowest BCUT2D eigenvalue weighted by atomic mass is 10.00. The third-order valence-electron chi connectivity index (χ3n) is 5.41. The molecule has 1 unspecified atom stereocenters. The first-order chi connectivity index (χ1) is 14.2. The lowest BCUT2D eigenvalue weighted by molar-refractivity contribution is -0.131. The van der Waals surface area contributed by atoms with Gasteiger partial charge >= 0.3 is 5.63 Å². The van der Waals surface area contributed by atoms with Gasteiger partial charge in [0.2, 0.25) is 5.91 Å². The van der Waals surface area contributed by atoms with Crippen LogP contribution in [0.1, 0.15) is 34.8 Å². The van der Waals surface area contributed by atoms with E-state index in [0.717, 1.165) is 10.9 Å². The summed E-state index contributed by atoms with van der Waals surface area (Å²) in [5.41, 5.74) is 2.07. The standard InChI is InChI=1S/C23H25NO6/c1-13-17-8-10-19(26)14(2)22(17)30-23(29)18(13)9-11-21(28)24(3)12-20(27)15-4-6-16(25)7-5-15/h4-8,10,20,25-27H,9,11-12H2,1-3H3. The van der Waals surface area contributed by atoms with Crippen LogP contribution in [0.2, 0.25) is 0 Å². The van der Waals surface area contributed by atoms with Crippen LogP contribution in [0.4, 0.5) is 0 Å². The number of fused-ring (bicyclic) bond motifs is 1. The lowest BCUT2D eigenvalue weighted by Gasteiger charge is -2.21. The van der Waals surface area contributed by atoms with Crippen LogP contribution in [0, 0.1) is 13.8 Å². The van der Waals surface area contributed by atoms with Gasteiger partial charge in [-0.3, -0.25) is 4.79 Å². The molecule has 0 spiro atoms. The number of aromatic hydroxyl groups is 2. The first-order valence-corrected chi connectivity index (χ1v) is 9.65. The van der Waals surface area contributed by atoms with Gasteiger partial charge in [0.25, 0.3) is 0 Å². The topological polar surface area (TPSA) is 111 Å². The number of benzene rings is 2. The first kappa shape index (κ1) is 21.4. The molecular weight excluding hydrogens is 386 g/mol. The second kappa shape index (κ2) is 8.59. The highest BCUT2D eigenvalue weighted by atomic mass is 16.4. The smallest absolute Gasteiger partial charge is 0.339 e. The van der Waals surface area contributed by atoms with Crippen molar-refractivity contribution in [3.8, 4) is 11.5 Å². The van der Waals surface area contributed by atoms with Gasteiger partial charge in [-0.1, -0.05) is 12.1 Å². The minimum atomic E-state index is -0.886. The Labute approximate surface area is 173 Å². The number of nitrogens with zero attached hydrogens (tertiary/aromatic N) is 1. The van der Waals surface area contributed by atoms with Crippen molar-refractivity contribution in [2.75, 3.05) is 13.6 Å². The van der Waals surface area contributed by atoms with Crippen LogP contribution in [0.15, 0.2) is 45.6 Å². The molecule has 30 heavy (non-hydrogen) atoms. The number of amides is 1. The number of aliphatic hydroxyl groups excluding tert-OH is 1. The maximum absolute atomic E-state index is 12.5. The number of phenols is 2. The Morgan fingerprint density at radius 1 is 1.07 bits per heavy atom. The zero-order valence-electron chi connectivity index (χ0n) is 17.2. The summed E-state index contributed by atoms with van der Waals surface area (Å²) < 4.78 is 5.41. The van der Waals surface area contributed by atoms with Crippen LogP contribution in [-0.4, -0.2) is 39.7 Å². The number of likely N-dealkylation sites (N-methyl/N-ethyl adjacent to an activating group) is 1. The van der Waals surface area contributed by atoms with Gasteiger partial charge in [0.15, 0.2) is 0 Å². The molecule has 7 nitrogen and oxygen atoms in total. The van der Waals surface area contributed by atoms with Crippen molar-refractivity contribution < 1.29 is 24.5 Å². The maximum Gasteiger partial charge on any atom is 0.339 e. The Bertz CT molecular complexity index is 1130. The molecule has 0 saturated heterocycles. The van der Waals surface area contributed by atoms with Gasteiger partial charge in [-0.15, -0.1) is 0 Å². The number of aryl methyl sites for hydroxylation is 2. The van der Waals surface area contributed by atoms with Crippen molar-refractivity contribution in [1.82, 2.24) is 4.90 Å². The number of hydrogen-bond acceptors (Lipinski definition) is 6. The fourth-order valence-corrected chi connectivity index (χ4v) is 3.45. The molecule has 1 heterocycles. The third kappa shape index (κ3) is 4.31. The number of rotatable bonds is 6. The van der Waals surface area contributed by atoms with E-state index in [1.807, 2.05) is 0 Å². The number of phenolic OH excluding ortho intramolecular Hbond substituents is 2. The molecule has 2 aromatic carbocycles. The highest BCUT2D eigenvalue weighted by Gasteiger charge is 2.18. The zero-order chi connectivity index (χ0) is 22.0. The van der Waals surface area contributed by atoms with E-state index in [1.165, 1.54) is 17.0 Å². The molecule has 0 aliphatic rings. The molecule has 1 atom stereocenters. The van der Waals surface area contributed by atoms with Crippen molar-refractivity contribution in [2.45, 2.75) is 32.8 Å². The molecule has 0 aliphatic carbocycles. The van der Waals surface area contributed by atoms with Crippen LogP contribution < -0.4 is 5.63 Å². The average molecular weight is 411 g/mol. The number of carbonyl (C=O) groups excluding carboxylic acids is 1. The van der Waals surface area contributed by atoms with Gasteiger partial charge in [0, 0.05) is 30.0 Å². The number of carbonyl (C=O) groups is 1. The van der Waals surface area contributed by atoms with E-state index in [9.17, 15) is 24.9 Å². The van der Waals surface area contributed by atoms with E-state index < -0.39 is 11.7 Å². The zero-order valence-corrected chi connectivity index (χ0v) is 17.2. The van der Waals surface area contributed by atoms with E-state index in [1.54, 1.807) is 45.2 Å². The van der Waals surface area contributed by atoms with Gasteiger partial charge in [-0.2, -0.15) is 0 Å². The summed E-state index contributed by atoms with van der Waals surface area (Å²) in [4.78, 5) is 26.4. The quantitative estimate of drug-likeness (QED) is 0.538. The molecule has 1 aromatic heterocycles. The molecule has 1 amide bonds. The fraction of sp³-hybridized carbons (Fsp3) is 0.304. The third-order valence-corrected chi connectivity index (χ3v) is 5.41. The Kier molecular flexibility index (Phi) is 6.12. The largest absolute Gasteiger partial charge is 0.508 e. The van der Waals surface area contributed by atoms with Gasteiger partial charge in [-0.25, -0.2) is 4.79 Å². The minimum absolute atomic E-state index is 0.0572. The first-order valence-electron chi connectivity index (χ1n) is 9.65. The van der Waals surface area contributed by atoms with Crippen LogP contribution in [0.5, 0.6) is 11.5 Å². The molecule has 0 aliphatic heterocycles. The predicted octanol–water partition coefficient (Wildman–Crippen LogP) is 2.95. The summed E-state index contributed by atoms with van der Waals surface area (Å²) in [6.07, 6.45) is -0.585. The van der Waals surface area contributed by atoms with Gasteiger partial charge < -0.3 is 24.6 Å². The predicted molar refractivity (Wildman–Crippen MR) is 113 cm³/mol. The van der Waals surface area contributed by atoms with Crippen LogP contribution in [0.25, 0.3) is 11.0 Å². The molecule has 0 saturated carbocycles. The van der Waals surface area contributed by atoms with Crippen LogP contribution in [0.3, 0.4) is 0 Å². The molecule has 3 N–H and O–H groups in total. The van der Waals surface area contributed by atoms with Crippen molar-refractivity contribution >= 4 is 16.9 Å². The van der Waals surface area contributed by atoms with E-state index in [4.69, 9.17) is 4.42 Å². The second-order valence-corrected chi connectivity index (χ2v) is 7.46. The normalized spacial score (nSPS) is 12.1. The van der Waals surface area contributed by atoms with E-state index >= 15 is 0 Å². The Hall–Kier alpha value is -3.32. The molecular formula is C23H25NO6. The Morgan fingerprint density at radius 2 is 1.73 bits per heavy atom.